The highest BCUT2D eigenvalue weighted by molar-refractivity contribution is 6.07. The number of hydrogen-bond donors (Lipinski definition) is 0. The second-order valence-electron chi connectivity index (χ2n) is 4.14. The van der Waals surface area contributed by atoms with E-state index in [-0.39, 0.29) is 11.5 Å². The van der Waals surface area contributed by atoms with Crippen LogP contribution in [0.3, 0.4) is 0 Å². The lowest BCUT2D eigenvalue weighted by Crippen LogP contribution is -2.04. The minimum Gasteiger partial charge on any atom is -0.287 e. The molecule has 2 aromatic rings. The topological polar surface area (TPSA) is 30.0 Å². The molecular formula is C15H14FNO. The van der Waals surface area contributed by atoms with Gasteiger partial charge in [0.2, 0.25) is 5.78 Å². The second-order valence-corrected chi connectivity index (χ2v) is 4.14. The van der Waals surface area contributed by atoms with Gasteiger partial charge in [0.15, 0.2) is 0 Å². The molecule has 0 radical (unpaired) electrons. The van der Waals surface area contributed by atoms with E-state index >= 15 is 0 Å². The SMILES string of the molecule is CCCc1cccc(C(=O)c2ccc(F)cn2)c1. The molecule has 0 atom stereocenters. The van der Waals surface area contributed by atoms with Crippen LogP contribution in [0.1, 0.15) is 35.0 Å². The molecule has 2 rings (SSSR count). The zero-order valence-corrected chi connectivity index (χ0v) is 10.2. The molecule has 1 aromatic carbocycles. The molecule has 0 aliphatic rings. The average molecular weight is 243 g/mol. The van der Waals surface area contributed by atoms with E-state index in [4.69, 9.17) is 0 Å². The van der Waals surface area contributed by atoms with E-state index < -0.39 is 5.82 Å². The van der Waals surface area contributed by atoms with E-state index in [1.807, 2.05) is 18.2 Å². The third-order valence-corrected chi connectivity index (χ3v) is 2.69. The lowest BCUT2D eigenvalue weighted by molar-refractivity contribution is 0.103. The molecule has 18 heavy (non-hydrogen) atoms. The third-order valence-electron chi connectivity index (χ3n) is 2.69. The summed E-state index contributed by atoms with van der Waals surface area (Å²) in [4.78, 5) is 15.9. The molecule has 2 nitrogen and oxygen atoms in total. The van der Waals surface area contributed by atoms with Crippen LogP contribution in [-0.4, -0.2) is 10.8 Å². The van der Waals surface area contributed by atoms with E-state index in [0.717, 1.165) is 24.6 Å². The summed E-state index contributed by atoms with van der Waals surface area (Å²) in [5, 5.41) is 0. The van der Waals surface area contributed by atoms with Gasteiger partial charge in [0.25, 0.3) is 0 Å². The monoisotopic (exact) mass is 243 g/mol. The van der Waals surface area contributed by atoms with Crippen LogP contribution in [0.25, 0.3) is 0 Å². The Kier molecular flexibility index (Phi) is 3.82. The van der Waals surface area contributed by atoms with Crippen molar-refractivity contribution in [3.63, 3.8) is 0 Å². The van der Waals surface area contributed by atoms with Crippen LogP contribution in [0.15, 0.2) is 42.6 Å². The first kappa shape index (κ1) is 12.4. The predicted octanol–water partition coefficient (Wildman–Crippen LogP) is 3.40. The van der Waals surface area contributed by atoms with Gasteiger partial charge in [0.1, 0.15) is 11.5 Å². The van der Waals surface area contributed by atoms with Crippen molar-refractivity contribution < 1.29 is 9.18 Å². The molecule has 3 heteroatoms. The van der Waals surface area contributed by atoms with Crippen molar-refractivity contribution in [2.24, 2.45) is 0 Å². The number of carbonyl (C=O) groups excluding carboxylic acids is 1. The standard InChI is InChI=1S/C15H14FNO/c1-2-4-11-5-3-6-12(9-11)15(18)14-8-7-13(16)10-17-14/h3,5-10H,2,4H2,1H3. The zero-order valence-electron chi connectivity index (χ0n) is 10.2. The molecule has 0 amide bonds. The molecule has 92 valence electrons. The molecule has 0 saturated carbocycles. The van der Waals surface area contributed by atoms with Crippen molar-refractivity contribution in [1.82, 2.24) is 4.98 Å². The van der Waals surface area contributed by atoms with Crippen molar-refractivity contribution in [3.8, 4) is 0 Å². The van der Waals surface area contributed by atoms with Crippen LogP contribution in [0.5, 0.6) is 0 Å². The van der Waals surface area contributed by atoms with Crippen molar-refractivity contribution in [3.05, 3.63) is 65.2 Å². The van der Waals surface area contributed by atoms with Crippen LogP contribution >= 0.6 is 0 Å². The van der Waals surface area contributed by atoms with Gasteiger partial charge >= 0.3 is 0 Å². The summed E-state index contributed by atoms with van der Waals surface area (Å²) in [6.45, 7) is 2.09. The molecule has 0 aliphatic carbocycles. The maximum absolute atomic E-state index is 12.7. The number of pyridine rings is 1. The summed E-state index contributed by atoms with van der Waals surface area (Å²) in [5.41, 5.74) is 2.00. The van der Waals surface area contributed by atoms with Gasteiger partial charge < -0.3 is 0 Å². The zero-order chi connectivity index (χ0) is 13.0. The molecule has 0 N–H and O–H groups in total. The summed E-state index contributed by atoms with van der Waals surface area (Å²) < 4.78 is 12.7. The second kappa shape index (κ2) is 5.54. The Hall–Kier alpha value is -2.03. The number of carbonyl (C=O) groups is 1. The van der Waals surface area contributed by atoms with Gasteiger partial charge in [-0.25, -0.2) is 9.37 Å². The molecule has 1 aromatic heterocycles. The summed E-state index contributed by atoms with van der Waals surface area (Å²) in [7, 11) is 0. The maximum Gasteiger partial charge on any atom is 0.211 e. The Morgan fingerprint density at radius 2 is 2.11 bits per heavy atom. The van der Waals surface area contributed by atoms with Crippen LogP contribution in [0.4, 0.5) is 4.39 Å². The number of aryl methyl sites for hydroxylation is 1. The van der Waals surface area contributed by atoms with E-state index in [0.29, 0.717) is 5.56 Å². The molecular weight excluding hydrogens is 229 g/mol. The fourth-order valence-corrected chi connectivity index (χ4v) is 1.81. The summed E-state index contributed by atoms with van der Waals surface area (Å²) in [5.74, 6) is -0.612. The predicted molar refractivity (Wildman–Crippen MR) is 68.1 cm³/mol. The van der Waals surface area contributed by atoms with Gasteiger partial charge in [-0.05, 0) is 30.2 Å². The molecule has 0 spiro atoms. The highest BCUT2D eigenvalue weighted by Crippen LogP contribution is 2.12. The number of ketones is 1. The first-order chi connectivity index (χ1) is 8.70. The Balaban J connectivity index is 2.28. The van der Waals surface area contributed by atoms with E-state index in [9.17, 15) is 9.18 Å². The average Bonchev–Trinajstić information content (AvgIpc) is 2.39. The molecule has 0 fully saturated rings. The highest BCUT2D eigenvalue weighted by Gasteiger charge is 2.10. The first-order valence-electron chi connectivity index (χ1n) is 5.96. The van der Waals surface area contributed by atoms with Crippen LogP contribution in [-0.2, 0) is 6.42 Å². The largest absolute Gasteiger partial charge is 0.287 e. The van der Waals surface area contributed by atoms with Gasteiger partial charge in [-0.1, -0.05) is 31.5 Å². The number of aromatic nitrogens is 1. The first-order valence-corrected chi connectivity index (χ1v) is 5.96. The van der Waals surface area contributed by atoms with Crippen molar-refractivity contribution in [2.75, 3.05) is 0 Å². The number of nitrogens with zero attached hydrogens (tertiary/aromatic N) is 1. The van der Waals surface area contributed by atoms with Gasteiger partial charge in [0, 0.05) is 5.56 Å². The minimum atomic E-state index is -0.439. The molecule has 0 bridgehead atoms. The number of rotatable bonds is 4. The normalized spacial score (nSPS) is 10.3. The Labute approximate surface area is 105 Å². The van der Waals surface area contributed by atoms with Crippen LogP contribution < -0.4 is 0 Å². The third kappa shape index (κ3) is 2.80. The Morgan fingerprint density at radius 1 is 1.28 bits per heavy atom. The van der Waals surface area contributed by atoms with Gasteiger partial charge in [0.05, 0.1) is 6.20 Å². The van der Waals surface area contributed by atoms with Crippen LogP contribution in [0.2, 0.25) is 0 Å². The van der Waals surface area contributed by atoms with Gasteiger partial charge in [-0.3, -0.25) is 4.79 Å². The quantitative estimate of drug-likeness (QED) is 0.770. The molecule has 0 unspecified atom stereocenters. The summed E-state index contributed by atoms with van der Waals surface area (Å²) in [6.07, 6.45) is 3.04. The fourth-order valence-electron chi connectivity index (χ4n) is 1.81. The molecule has 1 heterocycles. The number of benzene rings is 1. The van der Waals surface area contributed by atoms with Crippen molar-refractivity contribution >= 4 is 5.78 Å². The lowest BCUT2D eigenvalue weighted by Gasteiger charge is -2.03. The minimum absolute atomic E-state index is 0.173. The number of hydrogen-bond acceptors (Lipinski definition) is 2. The maximum atomic E-state index is 12.7. The Bertz CT molecular complexity index is 549. The van der Waals surface area contributed by atoms with Gasteiger partial charge in [-0.2, -0.15) is 0 Å². The highest BCUT2D eigenvalue weighted by atomic mass is 19.1. The Morgan fingerprint density at radius 3 is 2.78 bits per heavy atom. The lowest BCUT2D eigenvalue weighted by atomic mass is 10.0. The van der Waals surface area contributed by atoms with E-state index in [2.05, 4.69) is 11.9 Å². The van der Waals surface area contributed by atoms with E-state index in [1.165, 1.54) is 12.1 Å². The van der Waals surface area contributed by atoms with Crippen molar-refractivity contribution in [1.29, 1.82) is 0 Å². The summed E-state index contributed by atoms with van der Waals surface area (Å²) >= 11 is 0. The smallest absolute Gasteiger partial charge is 0.211 e. The molecule has 0 aliphatic heterocycles. The van der Waals surface area contributed by atoms with Crippen molar-refractivity contribution in [2.45, 2.75) is 19.8 Å². The number of halogens is 1. The fraction of sp³-hybridized carbons (Fsp3) is 0.200. The van der Waals surface area contributed by atoms with Gasteiger partial charge in [-0.15, -0.1) is 0 Å². The summed E-state index contributed by atoms with van der Waals surface area (Å²) in [6, 6.07) is 10.1. The van der Waals surface area contributed by atoms with E-state index in [1.54, 1.807) is 6.07 Å². The molecule has 0 saturated heterocycles. The van der Waals surface area contributed by atoms with Crippen LogP contribution in [0, 0.1) is 5.82 Å².